The highest BCUT2D eigenvalue weighted by molar-refractivity contribution is 5.79. The molecule has 0 radical (unpaired) electrons. The number of nitrogens with one attached hydrogen (secondary N) is 2. The standard InChI is InChI=1S/C22H38N4O3/c1-3-23-22(24-10-6-7-13-28-17-16-27-2)25-18-20-8-4-5-9-21(20)19-26-11-14-29-15-12-26/h4-5,8-9H,3,6-7,10-19H2,1-2H3,(H2,23,24,25). The third kappa shape index (κ3) is 10.1. The second kappa shape index (κ2) is 15.2. The lowest BCUT2D eigenvalue weighted by Crippen LogP contribution is -2.38. The maximum atomic E-state index is 5.50. The lowest BCUT2D eigenvalue weighted by Gasteiger charge is -2.27. The smallest absolute Gasteiger partial charge is 0.191 e. The van der Waals surface area contributed by atoms with E-state index >= 15 is 0 Å². The summed E-state index contributed by atoms with van der Waals surface area (Å²) in [5.41, 5.74) is 2.63. The van der Waals surface area contributed by atoms with Gasteiger partial charge in [-0.05, 0) is 30.9 Å². The maximum absolute atomic E-state index is 5.50. The van der Waals surface area contributed by atoms with Crippen molar-refractivity contribution in [1.82, 2.24) is 15.5 Å². The van der Waals surface area contributed by atoms with Gasteiger partial charge < -0.3 is 24.8 Å². The quantitative estimate of drug-likeness (QED) is 0.297. The first-order chi connectivity index (χ1) is 14.3. The molecule has 1 heterocycles. The molecule has 0 saturated carbocycles. The van der Waals surface area contributed by atoms with Crippen LogP contribution >= 0.6 is 0 Å². The van der Waals surface area contributed by atoms with Gasteiger partial charge in [-0.2, -0.15) is 0 Å². The van der Waals surface area contributed by atoms with E-state index in [0.717, 1.165) is 71.3 Å². The summed E-state index contributed by atoms with van der Waals surface area (Å²) in [6.07, 6.45) is 2.07. The van der Waals surface area contributed by atoms with Crippen molar-refractivity contribution in [3.63, 3.8) is 0 Å². The largest absolute Gasteiger partial charge is 0.382 e. The maximum Gasteiger partial charge on any atom is 0.191 e. The molecule has 29 heavy (non-hydrogen) atoms. The Balaban J connectivity index is 1.78. The van der Waals surface area contributed by atoms with Gasteiger partial charge in [-0.25, -0.2) is 4.99 Å². The first-order valence-corrected chi connectivity index (χ1v) is 10.8. The van der Waals surface area contributed by atoms with E-state index in [2.05, 4.69) is 46.7 Å². The summed E-state index contributed by atoms with van der Waals surface area (Å²) in [6.45, 7) is 11.2. The van der Waals surface area contributed by atoms with Gasteiger partial charge in [0, 0.05) is 46.4 Å². The topological polar surface area (TPSA) is 67.4 Å². The molecule has 0 bridgehead atoms. The minimum absolute atomic E-state index is 0.655. The monoisotopic (exact) mass is 406 g/mol. The Morgan fingerprint density at radius 1 is 1.07 bits per heavy atom. The third-order valence-electron chi connectivity index (χ3n) is 4.81. The number of unbranched alkanes of at least 4 members (excludes halogenated alkanes) is 1. The van der Waals surface area contributed by atoms with Gasteiger partial charge in [0.1, 0.15) is 0 Å². The van der Waals surface area contributed by atoms with Crippen molar-refractivity contribution in [2.75, 3.05) is 66.3 Å². The lowest BCUT2D eigenvalue weighted by molar-refractivity contribution is 0.0341. The highest BCUT2D eigenvalue weighted by Crippen LogP contribution is 2.14. The number of methoxy groups -OCH3 is 1. The molecule has 0 unspecified atom stereocenters. The van der Waals surface area contributed by atoms with Crippen molar-refractivity contribution >= 4 is 5.96 Å². The van der Waals surface area contributed by atoms with E-state index in [-0.39, 0.29) is 0 Å². The number of hydrogen-bond acceptors (Lipinski definition) is 5. The molecule has 0 spiro atoms. The van der Waals surface area contributed by atoms with E-state index in [4.69, 9.17) is 19.2 Å². The molecule has 2 N–H and O–H groups in total. The first-order valence-electron chi connectivity index (χ1n) is 10.8. The molecule has 1 saturated heterocycles. The van der Waals surface area contributed by atoms with Crippen molar-refractivity contribution in [2.24, 2.45) is 4.99 Å². The zero-order valence-corrected chi connectivity index (χ0v) is 18.1. The van der Waals surface area contributed by atoms with Crippen molar-refractivity contribution in [3.05, 3.63) is 35.4 Å². The summed E-state index contributed by atoms with van der Waals surface area (Å²) in [6, 6.07) is 8.60. The molecule has 1 fully saturated rings. The minimum Gasteiger partial charge on any atom is -0.382 e. The number of benzene rings is 1. The van der Waals surface area contributed by atoms with Gasteiger partial charge in [0.15, 0.2) is 5.96 Å². The second-order valence-electron chi connectivity index (χ2n) is 7.09. The predicted molar refractivity (Wildman–Crippen MR) is 117 cm³/mol. The fourth-order valence-corrected chi connectivity index (χ4v) is 3.15. The molecule has 2 rings (SSSR count). The van der Waals surface area contributed by atoms with Gasteiger partial charge in [0.2, 0.25) is 0 Å². The van der Waals surface area contributed by atoms with Gasteiger partial charge >= 0.3 is 0 Å². The number of morpholine rings is 1. The Bertz CT molecular complexity index is 577. The van der Waals surface area contributed by atoms with E-state index in [9.17, 15) is 0 Å². The second-order valence-corrected chi connectivity index (χ2v) is 7.09. The van der Waals surface area contributed by atoms with Gasteiger partial charge in [-0.15, -0.1) is 0 Å². The predicted octanol–water partition coefficient (Wildman–Crippen LogP) is 2.02. The Kier molecular flexibility index (Phi) is 12.4. The molecule has 0 aromatic heterocycles. The van der Waals surface area contributed by atoms with E-state index in [0.29, 0.717) is 19.8 Å². The lowest BCUT2D eigenvalue weighted by atomic mass is 10.1. The van der Waals surface area contributed by atoms with E-state index in [1.165, 1.54) is 11.1 Å². The summed E-state index contributed by atoms with van der Waals surface area (Å²) in [5, 5.41) is 6.76. The number of hydrogen-bond donors (Lipinski definition) is 2. The summed E-state index contributed by atoms with van der Waals surface area (Å²) < 4.78 is 15.9. The molecule has 1 aliphatic rings. The number of aliphatic imine (C=N–C) groups is 1. The molecule has 164 valence electrons. The van der Waals surface area contributed by atoms with Crippen LogP contribution in [0.25, 0.3) is 0 Å². The Hall–Kier alpha value is -1.67. The van der Waals surface area contributed by atoms with E-state index in [1.807, 2.05) is 0 Å². The van der Waals surface area contributed by atoms with Crippen LogP contribution in [0.1, 0.15) is 30.9 Å². The molecular formula is C22H38N4O3. The van der Waals surface area contributed by atoms with Crippen LogP contribution in [0.5, 0.6) is 0 Å². The Morgan fingerprint density at radius 2 is 1.86 bits per heavy atom. The number of guanidine groups is 1. The first kappa shape index (κ1) is 23.6. The average molecular weight is 407 g/mol. The molecule has 0 aliphatic carbocycles. The van der Waals surface area contributed by atoms with Crippen LogP contribution in [0.4, 0.5) is 0 Å². The number of rotatable bonds is 13. The van der Waals surface area contributed by atoms with Gasteiger partial charge in [0.05, 0.1) is 33.0 Å². The van der Waals surface area contributed by atoms with Crippen molar-refractivity contribution in [3.8, 4) is 0 Å². The SMILES string of the molecule is CCNC(=NCc1ccccc1CN1CCOCC1)NCCCCOCCOC. The zero-order chi connectivity index (χ0) is 20.6. The fraction of sp³-hybridized carbons (Fsp3) is 0.682. The van der Waals surface area contributed by atoms with Crippen LogP contribution < -0.4 is 10.6 Å². The molecule has 0 atom stereocenters. The van der Waals surface area contributed by atoms with Crippen molar-refractivity contribution in [1.29, 1.82) is 0 Å². The fourth-order valence-electron chi connectivity index (χ4n) is 3.15. The van der Waals surface area contributed by atoms with Gasteiger partial charge in [0.25, 0.3) is 0 Å². The molecule has 1 aliphatic heterocycles. The van der Waals surface area contributed by atoms with Crippen LogP contribution in [0.15, 0.2) is 29.3 Å². The minimum atomic E-state index is 0.655. The molecule has 1 aromatic rings. The van der Waals surface area contributed by atoms with Gasteiger partial charge in [-0.3, -0.25) is 4.90 Å². The summed E-state index contributed by atoms with van der Waals surface area (Å²) in [5.74, 6) is 0.869. The molecule has 0 amide bonds. The number of ether oxygens (including phenoxy) is 3. The Morgan fingerprint density at radius 3 is 2.62 bits per heavy atom. The van der Waals surface area contributed by atoms with Crippen LogP contribution in [-0.2, 0) is 27.3 Å². The average Bonchev–Trinajstić information content (AvgIpc) is 2.75. The zero-order valence-electron chi connectivity index (χ0n) is 18.1. The van der Waals surface area contributed by atoms with Crippen LogP contribution in [0, 0.1) is 0 Å². The Labute approximate surface area is 175 Å². The van der Waals surface area contributed by atoms with Gasteiger partial charge in [-0.1, -0.05) is 24.3 Å². The molecule has 7 nitrogen and oxygen atoms in total. The number of nitrogens with zero attached hydrogens (tertiary/aromatic N) is 2. The van der Waals surface area contributed by atoms with Crippen LogP contribution in [0.2, 0.25) is 0 Å². The molecule has 1 aromatic carbocycles. The normalized spacial score (nSPS) is 15.4. The van der Waals surface area contributed by atoms with Crippen LogP contribution in [0.3, 0.4) is 0 Å². The molecular weight excluding hydrogens is 368 g/mol. The summed E-state index contributed by atoms with van der Waals surface area (Å²) in [7, 11) is 1.69. The third-order valence-corrected chi connectivity index (χ3v) is 4.81. The highest BCUT2D eigenvalue weighted by Gasteiger charge is 2.12. The van der Waals surface area contributed by atoms with Crippen LogP contribution in [-0.4, -0.2) is 77.2 Å². The molecule has 7 heteroatoms. The summed E-state index contributed by atoms with van der Waals surface area (Å²) in [4.78, 5) is 7.25. The van der Waals surface area contributed by atoms with E-state index in [1.54, 1.807) is 7.11 Å². The van der Waals surface area contributed by atoms with E-state index < -0.39 is 0 Å². The highest BCUT2D eigenvalue weighted by atomic mass is 16.5. The van der Waals surface area contributed by atoms with Crippen molar-refractivity contribution < 1.29 is 14.2 Å². The summed E-state index contributed by atoms with van der Waals surface area (Å²) >= 11 is 0. The van der Waals surface area contributed by atoms with Crippen molar-refractivity contribution in [2.45, 2.75) is 32.9 Å².